The number of para-hydroxylation sites is 1. The van der Waals surface area contributed by atoms with E-state index >= 15 is 0 Å². The van der Waals surface area contributed by atoms with E-state index in [2.05, 4.69) is 15.5 Å². The minimum atomic E-state index is -0.235. The number of aryl methyl sites for hydroxylation is 1. The van der Waals surface area contributed by atoms with E-state index in [0.717, 1.165) is 6.42 Å². The molecule has 1 aromatic carbocycles. The Kier molecular flexibility index (Phi) is 5.41. The minimum absolute atomic E-state index is 0.0108. The molecule has 0 spiro atoms. The number of benzene rings is 1. The monoisotopic (exact) mass is 372 g/mol. The molecule has 1 amide bonds. The van der Waals surface area contributed by atoms with E-state index < -0.39 is 0 Å². The van der Waals surface area contributed by atoms with Gasteiger partial charge in [0.2, 0.25) is 5.91 Å². The standard InChI is InChI=1S/C18H20N4O3S/c1-4-11(2)22-17(24)13-7-5-6-8-14(13)19-18(22)26-10-16(23)20-15-9-12(3)25-21-15/h5-9,11H,4,10H2,1-3H3,(H,20,21,23)/t11-/m1/s1. The van der Waals surface area contributed by atoms with Crippen LogP contribution in [-0.4, -0.2) is 26.4 Å². The predicted molar refractivity (Wildman–Crippen MR) is 102 cm³/mol. The van der Waals surface area contributed by atoms with Gasteiger partial charge in [-0.15, -0.1) is 0 Å². The maximum atomic E-state index is 12.9. The van der Waals surface area contributed by atoms with Crippen molar-refractivity contribution in [2.75, 3.05) is 11.1 Å². The third-order valence-electron chi connectivity index (χ3n) is 4.03. The van der Waals surface area contributed by atoms with Gasteiger partial charge in [-0.3, -0.25) is 14.2 Å². The van der Waals surface area contributed by atoms with Crippen LogP contribution in [0.25, 0.3) is 10.9 Å². The van der Waals surface area contributed by atoms with Gasteiger partial charge < -0.3 is 9.84 Å². The van der Waals surface area contributed by atoms with Crippen LogP contribution in [0.3, 0.4) is 0 Å². The number of nitrogens with one attached hydrogen (secondary N) is 1. The second kappa shape index (κ2) is 7.74. The molecule has 0 aliphatic rings. The maximum absolute atomic E-state index is 12.9. The lowest BCUT2D eigenvalue weighted by Gasteiger charge is -2.18. The molecule has 7 nitrogen and oxygen atoms in total. The Morgan fingerprint density at radius 3 is 2.85 bits per heavy atom. The normalized spacial score (nSPS) is 12.3. The van der Waals surface area contributed by atoms with Crippen molar-refractivity contribution in [3.63, 3.8) is 0 Å². The molecule has 0 bridgehead atoms. The first-order valence-corrected chi connectivity index (χ1v) is 9.35. The van der Waals surface area contributed by atoms with Gasteiger partial charge in [0.25, 0.3) is 5.56 Å². The predicted octanol–water partition coefficient (Wildman–Crippen LogP) is 3.39. The molecular formula is C18H20N4O3S. The second-order valence-electron chi connectivity index (χ2n) is 6.00. The fourth-order valence-corrected chi connectivity index (χ4v) is 3.43. The average molecular weight is 372 g/mol. The second-order valence-corrected chi connectivity index (χ2v) is 6.95. The number of carbonyl (C=O) groups is 1. The zero-order chi connectivity index (χ0) is 18.7. The van der Waals surface area contributed by atoms with E-state index in [9.17, 15) is 9.59 Å². The van der Waals surface area contributed by atoms with Gasteiger partial charge in [-0.25, -0.2) is 4.98 Å². The Bertz CT molecular complexity index is 996. The highest BCUT2D eigenvalue weighted by atomic mass is 32.2. The van der Waals surface area contributed by atoms with Crippen LogP contribution in [0.15, 0.2) is 44.8 Å². The van der Waals surface area contributed by atoms with E-state index in [1.165, 1.54) is 11.8 Å². The first-order valence-electron chi connectivity index (χ1n) is 8.36. The summed E-state index contributed by atoms with van der Waals surface area (Å²) in [6.45, 7) is 5.74. The van der Waals surface area contributed by atoms with Gasteiger partial charge in [-0.1, -0.05) is 36.0 Å². The van der Waals surface area contributed by atoms with Crippen LogP contribution in [0.2, 0.25) is 0 Å². The summed E-state index contributed by atoms with van der Waals surface area (Å²) in [6.07, 6.45) is 0.790. The number of amides is 1. The molecule has 2 heterocycles. The minimum Gasteiger partial charge on any atom is -0.360 e. The molecule has 0 aliphatic heterocycles. The molecule has 1 atom stereocenters. The summed E-state index contributed by atoms with van der Waals surface area (Å²) in [5, 5.41) is 7.53. The number of carbonyl (C=O) groups excluding carboxylic acids is 1. The molecule has 0 radical (unpaired) electrons. The van der Waals surface area contributed by atoms with E-state index in [1.54, 1.807) is 29.7 Å². The first kappa shape index (κ1) is 18.2. The van der Waals surface area contributed by atoms with Crippen molar-refractivity contribution < 1.29 is 9.32 Å². The highest BCUT2D eigenvalue weighted by Gasteiger charge is 2.17. The Hall–Kier alpha value is -2.61. The maximum Gasteiger partial charge on any atom is 0.262 e. The number of thioether (sulfide) groups is 1. The fraction of sp³-hybridized carbons (Fsp3) is 0.333. The fourth-order valence-electron chi connectivity index (χ4n) is 2.53. The van der Waals surface area contributed by atoms with Crippen molar-refractivity contribution >= 4 is 34.4 Å². The molecule has 1 N–H and O–H groups in total. The third kappa shape index (κ3) is 3.80. The van der Waals surface area contributed by atoms with Gasteiger partial charge in [0.15, 0.2) is 11.0 Å². The van der Waals surface area contributed by atoms with Crippen molar-refractivity contribution in [1.29, 1.82) is 0 Å². The Labute approximate surface area is 154 Å². The highest BCUT2D eigenvalue weighted by molar-refractivity contribution is 7.99. The lowest BCUT2D eigenvalue weighted by atomic mass is 10.2. The summed E-state index contributed by atoms with van der Waals surface area (Å²) in [5.74, 6) is 0.877. The van der Waals surface area contributed by atoms with E-state index in [0.29, 0.717) is 27.6 Å². The molecule has 3 aromatic rings. The van der Waals surface area contributed by atoms with Gasteiger partial charge in [0.05, 0.1) is 16.7 Å². The average Bonchev–Trinajstić information content (AvgIpc) is 3.04. The summed E-state index contributed by atoms with van der Waals surface area (Å²) in [7, 11) is 0. The van der Waals surface area contributed by atoms with Gasteiger partial charge in [-0.05, 0) is 32.4 Å². The number of nitrogens with zero attached hydrogens (tertiary/aromatic N) is 3. The Morgan fingerprint density at radius 1 is 1.38 bits per heavy atom. The molecule has 2 aromatic heterocycles. The lowest BCUT2D eigenvalue weighted by molar-refractivity contribution is -0.113. The number of aromatic nitrogens is 3. The van der Waals surface area contributed by atoms with Gasteiger partial charge in [0, 0.05) is 12.1 Å². The zero-order valence-corrected chi connectivity index (χ0v) is 15.7. The highest BCUT2D eigenvalue weighted by Crippen LogP contribution is 2.22. The molecule has 3 rings (SSSR count). The summed E-state index contributed by atoms with van der Waals surface area (Å²) in [4.78, 5) is 29.6. The largest absolute Gasteiger partial charge is 0.360 e. The Morgan fingerprint density at radius 2 is 2.15 bits per heavy atom. The van der Waals surface area contributed by atoms with Crippen molar-refractivity contribution in [3.8, 4) is 0 Å². The summed E-state index contributed by atoms with van der Waals surface area (Å²) >= 11 is 1.24. The third-order valence-corrected chi connectivity index (χ3v) is 4.99. The number of fused-ring (bicyclic) bond motifs is 1. The molecular weight excluding hydrogens is 352 g/mol. The van der Waals surface area contributed by atoms with Crippen LogP contribution in [-0.2, 0) is 4.79 Å². The van der Waals surface area contributed by atoms with Crippen LogP contribution >= 0.6 is 11.8 Å². The summed E-state index contributed by atoms with van der Waals surface area (Å²) < 4.78 is 6.60. The number of hydrogen-bond donors (Lipinski definition) is 1. The van der Waals surface area contributed by atoms with Crippen molar-refractivity contribution in [3.05, 3.63) is 46.4 Å². The molecule has 136 valence electrons. The summed E-state index contributed by atoms with van der Waals surface area (Å²) in [5.41, 5.74) is 0.548. The van der Waals surface area contributed by atoms with E-state index in [1.807, 2.05) is 26.0 Å². The molecule has 0 saturated carbocycles. The molecule has 0 fully saturated rings. The van der Waals surface area contributed by atoms with Crippen LogP contribution < -0.4 is 10.9 Å². The molecule has 26 heavy (non-hydrogen) atoms. The van der Waals surface area contributed by atoms with Crippen molar-refractivity contribution in [2.24, 2.45) is 0 Å². The number of hydrogen-bond acceptors (Lipinski definition) is 6. The number of anilines is 1. The van der Waals surface area contributed by atoms with E-state index in [4.69, 9.17) is 4.52 Å². The molecule has 0 saturated heterocycles. The van der Waals surface area contributed by atoms with Crippen LogP contribution in [0.1, 0.15) is 32.1 Å². The van der Waals surface area contributed by atoms with Gasteiger partial charge in [0.1, 0.15) is 5.76 Å². The van der Waals surface area contributed by atoms with Crippen LogP contribution in [0, 0.1) is 6.92 Å². The topological polar surface area (TPSA) is 90.0 Å². The van der Waals surface area contributed by atoms with Gasteiger partial charge >= 0.3 is 0 Å². The zero-order valence-electron chi connectivity index (χ0n) is 14.9. The molecule has 0 unspecified atom stereocenters. The van der Waals surface area contributed by atoms with Crippen molar-refractivity contribution in [1.82, 2.24) is 14.7 Å². The van der Waals surface area contributed by atoms with E-state index in [-0.39, 0.29) is 23.3 Å². The molecule has 0 aliphatic carbocycles. The summed E-state index contributed by atoms with van der Waals surface area (Å²) in [6, 6.07) is 8.88. The quantitative estimate of drug-likeness (QED) is 0.527. The van der Waals surface area contributed by atoms with Crippen molar-refractivity contribution in [2.45, 2.75) is 38.4 Å². The smallest absolute Gasteiger partial charge is 0.262 e. The van der Waals surface area contributed by atoms with Crippen LogP contribution in [0.4, 0.5) is 5.82 Å². The lowest BCUT2D eigenvalue weighted by Crippen LogP contribution is -2.26. The number of rotatable bonds is 6. The van der Waals surface area contributed by atoms with Crippen LogP contribution in [0.5, 0.6) is 0 Å². The van der Waals surface area contributed by atoms with Gasteiger partial charge in [-0.2, -0.15) is 0 Å². The first-order chi connectivity index (χ1) is 12.5. The Balaban J connectivity index is 1.86. The molecule has 8 heteroatoms. The SMILES string of the molecule is CC[C@@H](C)n1c(SCC(=O)Nc2cc(C)on2)nc2ccccc2c1=O.